The molecule has 0 fully saturated rings. The predicted molar refractivity (Wildman–Crippen MR) is 34.8 cm³/mol. The lowest BCUT2D eigenvalue weighted by molar-refractivity contribution is -0.877. The quantitative estimate of drug-likeness (QED) is 0.547. The van der Waals surface area contributed by atoms with Crippen LogP contribution in [0.25, 0.3) is 0 Å². The molecule has 0 aromatic heterocycles. The van der Waals surface area contributed by atoms with Crippen LogP contribution >= 0.6 is 0 Å². The van der Waals surface area contributed by atoms with Gasteiger partial charge in [-0.1, -0.05) is 0 Å². The van der Waals surface area contributed by atoms with Crippen LogP contribution in [0.4, 0.5) is 0 Å². The molecule has 1 radical (unpaired) electrons. The van der Waals surface area contributed by atoms with Gasteiger partial charge in [-0.05, 0) is 0 Å². The number of aliphatic carboxylic acids is 1. The Morgan fingerprint density at radius 1 is 1.67 bits per heavy atom. The third kappa shape index (κ3) is 3.97. The van der Waals surface area contributed by atoms with Crippen LogP contribution in [0.5, 0.6) is 0 Å². The van der Waals surface area contributed by atoms with Crippen LogP contribution in [0.2, 0.25) is 0 Å². The Labute approximate surface area is 55.5 Å². The second-order valence-electron chi connectivity index (χ2n) is 2.71. The Morgan fingerprint density at radius 3 is 2.22 bits per heavy atom. The maximum atomic E-state index is 10.1. The van der Waals surface area contributed by atoms with Crippen molar-refractivity contribution in [2.45, 2.75) is 0 Å². The summed E-state index contributed by atoms with van der Waals surface area (Å²) in [6, 6.07) is 0. The van der Waals surface area contributed by atoms with Gasteiger partial charge in [-0.2, -0.15) is 0 Å². The van der Waals surface area contributed by atoms with Crippen molar-refractivity contribution in [3.63, 3.8) is 0 Å². The lowest BCUT2D eigenvalue weighted by atomic mass is 10.4. The van der Waals surface area contributed by atoms with Gasteiger partial charge >= 0.3 is 5.97 Å². The molecule has 0 aliphatic heterocycles. The van der Waals surface area contributed by atoms with Crippen LogP contribution in [0, 0.1) is 6.92 Å². The van der Waals surface area contributed by atoms with E-state index in [1.165, 1.54) is 0 Å². The van der Waals surface area contributed by atoms with Gasteiger partial charge in [0.05, 0.1) is 20.6 Å². The van der Waals surface area contributed by atoms with E-state index in [9.17, 15) is 4.79 Å². The number of rotatable bonds is 3. The van der Waals surface area contributed by atoms with Gasteiger partial charge in [0, 0.05) is 6.92 Å². The van der Waals surface area contributed by atoms with Crippen molar-refractivity contribution in [1.82, 2.24) is 0 Å². The molecule has 9 heavy (non-hydrogen) atoms. The van der Waals surface area contributed by atoms with E-state index in [0.717, 1.165) is 0 Å². The fourth-order valence-electron chi connectivity index (χ4n) is 0.445. The highest BCUT2D eigenvalue weighted by molar-refractivity contribution is 5.67. The van der Waals surface area contributed by atoms with Crippen molar-refractivity contribution in [2.75, 3.05) is 27.2 Å². The number of carboxylic acids is 1. The average molecular weight is 131 g/mol. The Kier molecular flexibility index (Phi) is 2.65. The van der Waals surface area contributed by atoms with Crippen LogP contribution in [0.15, 0.2) is 0 Å². The third-order valence-corrected chi connectivity index (χ3v) is 1.17. The van der Waals surface area contributed by atoms with Crippen LogP contribution in [0.3, 0.4) is 0 Å². The first-order valence-corrected chi connectivity index (χ1v) is 2.81. The number of carboxylic acid groups (broad SMARTS) is 1. The molecule has 1 N–H and O–H groups in total. The summed E-state index contributed by atoms with van der Waals surface area (Å²) in [7, 11) is 3.67. The van der Waals surface area contributed by atoms with Gasteiger partial charge in [-0.15, -0.1) is 0 Å². The van der Waals surface area contributed by atoms with Crippen LogP contribution < -0.4 is 0 Å². The molecule has 3 heteroatoms. The first kappa shape index (κ1) is 8.43. The minimum Gasteiger partial charge on any atom is -0.477 e. The summed E-state index contributed by atoms with van der Waals surface area (Å²) in [4.78, 5) is 10.1. The predicted octanol–water partition coefficient (Wildman–Crippen LogP) is -0.0185. The fraction of sp³-hybridized carbons (Fsp3) is 0.667. The number of nitrogens with zero attached hydrogens (tertiary/aromatic N) is 1. The molecule has 0 aromatic carbocycles. The van der Waals surface area contributed by atoms with Crippen LogP contribution in [0.1, 0.15) is 0 Å². The Hall–Kier alpha value is -0.570. The monoisotopic (exact) mass is 131 g/mol. The maximum absolute atomic E-state index is 10.1. The number of carbonyl (C=O) groups is 1. The molecule has 53 valence electrons. The highest BCUT2D eigenvalue weighted by atomic mass is 16.4. The molecule has 0 bridgehead atoms. The summed E-state index contributed by atoms with van der Waals surface area (Å²) in [5.74, 6) is -0.774. The molecule has 0 aliphatic carbocycles. The summed E-state index contributed by atoms with van der Waals surface area (Å²) in [6.45, 7) is 4.37. The second kappa shape index (κ2) is 2.82. The zero-order chi connectivity index (χ0) is 7.49. The first-order valence-electron chi connectivity index (χ1n) is 2.81. The smallest absolute Gasteiger partial charge is 0.359 e. The van der Waals surface area contributed by atoms with E-state index in [1.54, 1.807) is 0 Å². The number of hydrogen-bond donors (Lipinski definition) is 1. The van der Waals surface area contributed by atoms with Crippen LogP contribution in [-0.2, 0) is 4.79 Å². The normalized spacial score (nSPS) is 11.4. The van der Waals surface area contributed by atoms with Crippen LogP contribution in [-0.4, -0.2) is 42.7 Å². The summed E-state index contributed by atoms with van der Waals surface area (Å²) in [6.07, 6.45) is 0. The zero-order valence-corrected chi connectivity index (χ0v) is 5.92. The maximum Gasteiger partial charge on any atom is 0.359 e. The minimum atomic E-state index is -0.774. The fourth-order valence-corrected chi connectivity index (χ4v) is 0.445. The summed E-state index contributed by atoms with van der Waals surface area (Å²) in [5, 5.41) is 8.34. The van der Waals surface area contributed by atoms with E-state index < -0.39 is 5.97 Å². The molecule has 0 saturated carbocycles. The molecule has 0 spiro atoms. The number of quaternary nitrogens is 1. The van der Waals surface area contributed by atoms with Gasteiger partial charge in [0.15, 0.2) is 6.54 Å². The number of likely N-dealkylation sites (N-methyl/N-ethyl adjacent to an activating group) is 1. The third-order valence-electron chi connectivity index (χ3n) is 1.17. The van der Waals surface area contributed by atoms with E-state index in [0.29, 0.717) is 11.0 Å². The molecule has 0 heterocycles. The molecular formula is C6H13NO2+. The van der Waals surface area contributed by atoms with E-state index in [2.05, 4.69) is 6.92 Å². The Morgan fingerprint density at radius 2 is 2.11 bits per heavy atom. The Balaban J connectivity index is 3.71. The molecule has 0 atom stereocenters. The minimum absolute atomic E-state index is 0.142. The molecule has 0 aliphatic rings. The van der Waals surface area contributed by atoms with Gasteiger partial charge in [0.25, 0.3) is 0 Å². The molecule has 0 amide bonds. The zero-order valence-electron chi connectivity index (χ0n) is 5.92. The SMILES string of the molecule is [CH2]C[N+](C)(C)CC(=O)O. The van der Waals surface area contributed by atoms with Crippen molar-refractivity contribution >= 4 is 5.97 Å². The van der Waals surface area contributed by atoms with E-state index in [4.69, 9.17) is 5.11 Å². The average Bonchev–Trinajstić information content (AvgIpc) is 1.63. The molecule has 0 unspecified atom stereocenters. The summed E-state index contributed by atoms with van der Waals surface area (Å²) < 4.78 is 0.440. The molecular weight excluding hydrogens is 118 g/mol. The van der Waals surface area contributed by atoms with E-state index in [-0.39, 0.29) is 6.54 Å². The van der Waals surface area contributed by atoms with E-state index in [1.807, 2.05) is 14.1 Å². The summed E-state index contributed by atoms with van der Waals surface area (Å²) in [5.41, 5.74) is 0. The van der Waals surface area contributed by atoms with Gasteiger partial charge in [-0.25, -0.2) is 4.79 Å². The summed E-state index contributed by atoms with van der Waals surface area (Å²) >= 11 is 0. The van der Waals surface area contributed by atoms with Gasteiger partial charge in [0.2, 0.25) is 0 Å². The van der Waals surface area contributed by atoms with Crippen molar-refractivity contribution in [3.05, 3.63) is 6.92 Å². The lowest BCUT2D eigenvalue weighted by Gasteiger charge is -2.25. The Bertz CT molecular complexity index is 110. The van der Waals surface area contributed by atoms with Crippen molar-refractivity contribution in [3.8, 4) is 0 Å². The second-order valence-corrected chi connectivity index (χ2v) is 2.71. The molecule has 0 rings (SSSR count). The topological polar surface area (TPSA) is 37.3 Å². The standard InChI is InChI=1S/C6H12NO2/c1-4-7(2,3)5-6(8)9/h1,4-5H2,2-3H3/p+1. The highest BCUT2D eigenvalue weighted by Gasteiger charge is 2.15. The largest absolute Gasteiger partial charge is 0.477 e. The van der Waals surface area contributed by atoms with Gasteiger partial charge in [-0.3, -0.25) is 0 Å². The van der Waals surface area contributed by atoms with Crippen molar-refractivity contribution < 1.29 is 14.4 Å². The van der Waals surface area contributed by atoms with Crippen molar-refractivity contribution in [1.29, 1.82) is 0 Å². The highest BCUT2D eigenvalue weighted by Crippen LogP contribution is 1.92. The number of hydrogen-bond acceptors (Lipinski definition) is 1. The van der Waals surface area contributed by atoms with E-state index >= 15 is 0 Å². The van der Waals surface area contributed by atoms with Gasteiger partial charge in [0.1, 0.15) is 0 Å². The lowest BCUT2D eigenvalue weighted by Crippen LogP contribution is -2.43. The molecule has 0 saturated heterocycles. The molecule has 0 aromatic rings. The first-order chi connectivity index (χ1) is 3.98. The van der Waals surface area contributed by atoms with Gasteiger partial charge < -0.3 is 9.59 Å². The molecule has 3 nitrogen and oxygen atoms in total. The van der Waals surface area contributed by atoms with Crippen molar-refractivity contribution in [2.24, 2.45) is 0 Å².